The van der Waals surface area contributed by atoms with E-state index in [1.807, 2.05) is 11.3 Å². The number of anilines is 3. The molecule has 1 heterocycles. The predicted molar refractivity (Wildman–Crippen MR) is 229 cm³/mol. The summed E-state index contributed by atoms with van der Waals surface area (Å²) in [5.41, 5.74) is 16.2. The fraction of sp³-hybridized carbons (Fsp3) is 0.0769. The second kappa shape index (κ2) is 11.6. The van der Waals surface area contributed by atoms with Gasteiger partial charge < -0.3 is 4.90 Å². The van der Waals surface area contributed by atoms with Gasteiger partial charge in [0, 0.05) is 48.2 Å². The molecular formula is C52H37NS. The summed E-state index contributed by atoms with van der Waals surface area (Å²) in [6.07, 6.45) is 0. The van der Waals surface area contributed by atoms with Gasteiger partial charge in [0.15, 0.2) is 0 Å². The van der Waals surface area contributed by atoms with Crippen molar-refractivity contribution in [1.29, 1.82) is 0 Å². The van der Waals surface area contributed by atoms with E-state index in [0.717, 1.165) is 17.1 Å². The van der Waals surface area contributed by atoms with E-state index in [-0.39, 0.29) is 5.41 Å². The average Bonchev–Trinajstić information content (AvgIpc) is 3.83. The summed E-state index contributed by atoms with van der Waals surface area (Å²) < 4.78 is 2.70. The van der Waals surface area contributed by atoms with Crippen LogP contribution in [0.15, 0.2) is 188 Å². The van der Waals surface area contributed by atoms with E-state index in [2.05, 4.69) is 207 Å². The van der Waals surface area contributed by atoms with Crippen molar-refractivity contribution in [1.82, 2.24) is 0 Å². The molecule has 0 amide bonds. The van der Waals surface area contributed by atoms with Gasteiger partial charge in [0.05, 0.1) is 5.41 Å². The molecule has 0 bridgehead atoms. The molecule has 1 unspecified atom stereocenters. The fourth-order valence-corrected chi connectivity index (χ4v) is 11.0. The van der Waals surface area contributed by atoms with Gasteiger partial charge in [-0.25, -0.2) is 0 Å². The Morgan fingerprint density at radius 3 is 1.80 bits per heavy atom. The van der Waals surface area contributed by atoms with Gasteiger partial charge in [-0.1, -0.05) is 159 Å². The maximum Gasteiger partial charge on any atom is 0.0714 e. The third-order valence-corrected chi connectivity index (χ3v) is 13.4. The van der Waals surface area contributed by atoms with Gasteiger partial charge in [0.1, 0.15) is 0 Å². The second-order valence-electron chi connectivity index (χ2n) is 15.2. The van der Waals surface area contributed by atoms with E-state index in [9.17, 15) is 0 Å². The number of thiophene rings is 1. The first-order valence-corrected chi connectivity index (χ1v) is 19.7. The minimum Gasteiger partial charge on any atom is -0.310 e. The summed E-state index contributed by atoms with van der Waals surface area (Å²) in [7, 11) is 0. The third kappa shape index (κ3) is 4.26. The Morgan fingerprint density at radius 1 is 0.407 bits per heavy atom. The Bertz CT molecular complexity index is 2900. The molecule has 1 atom stereocenters. The molecule has 8 aromatic carbocycles. The molecule has 2 aliphatic carbocycles. The second-order valence-corrected chi connectivity index (χ2v) is 16.3. The number of nitrogens with zero attached hydrogens (tertiary/aromatic N) is 1. The Labute approximate surface area is 320 Å². The van der Waals surface area contributed by atoms with E-state index in [1.165, 1.54) is 75.8 Å². The molecule has 0 saturated heterocycles. The minimum atomic E-state index is -0.475. The van der Waals surface area contributed by atoms with Crippen LogP contribution >= 0.6 is 11.3 Å². The van der Waals surface area contributed by atoms with E-state index in [1.54, 1.807) is 0 Å². The number of fused-ring (bicyclic) bond motifs is 10. The Morgan fingerprint density at radius 2 is 1.00 bits per heavy atom. The quantitative estimate of drug-likeness (QED) is 0.172. The van der Waals surface area contributed by atoms with Crippen LogP contribution in [0.5, 0.6) is 0 Å². The molecule has 9 aromatic rings. The summed E-state index contributed by atoms with van der Waals surface area (Å²) in [5.74, 6) is 0. The lowest BCUT2D eigenvalue weighted by molar-refractivity contribution is 0.660. The normalized spacial score (nSPS) is 16.2. The van der Waals surface area contributed by atoms with Crippen LogP contribution in [0.4, 0.5) is 17.1 Å². The van der Waals surface area contributed by atoms with Crippen molar-refractivity contribution in [3.05, 3.63) is 221 Å². The molecule has 1 nitrogen and oxygen atoms in total. The summed E-state index contributed by atoms with van der Waals surface area (Å²) in [4.78, 5) is 2.41. The van der Waals surface area contributed by atoms with Gasteiger partial charge in [0.2, 0.25) is 0 Å². The molecule has 0 saturated carbocycles. The van der Waals surface area contributed by atoms with Gasteiger partial charge in [-0.2, -0.15) is 0 Å². The third-order valence-electron chi connectivity index (χ3n) is 12.2. The number of rotatable bonds is 5. The van der Waals surface area contributed by atoms with Crippen LogP contribution in [0.25, 0.3) is 42.4 Å². The molecule has 0 aliphatic heterocycles. The highest BCUT2D eigenvalue weighted by Crippen LogP contribution is 2.59. The highest BCUT2D eigenvalue weighted by Gasteiger charge is 2.47. The number of para-hydroxylation sites is 1. The molecular weight excluding hydrogens is 671 g/mol. The lowest BCUT2D eigenvalue weighted by Crippen LogP contribution is -2.28. The smallest absolute Gasteiger partial charge is 0.0714 e. The van der Waals surface area contributed by atoms with Crippen LogP contribution in [0.1, 0.15) is 47.2 Å². The maximum absolute atomic E-state index is 2.42. The van der Waals surface area contributed by atoms with Crippen LogP contribution in [0.3, 0.4) is 0 Å². The van der Waals surface area contributed by atoms with Gasteiger partial charge >= 0.3 is 0 Å². The highest BCUT2D eigenvalue weighted by atomic mass is 32.1. The van der Waals surface area contributed by atoms with E-state index < -0.39 is 5.41 Å². The lowest BCUT2D eigenvalue weighted by Gasteiger charge is -2.34. The van der Waals surface area contributed by atoms with E-state index in [4.69, 9.17) is 0 Å². The van der Waals surface area contributed by atoms with Gasteiger partial charge in [-0.05, 0) is 92.5 Å². The van der Waals surface area contributed by atoms with Crippen molar-refractivity contribution in [2.45, 2.75) is 24.7 Å². The Balaban J connectivity index is 1.12. The molecule has 2 heteroatoms. The minimum absolute atomic E-state index is 0.0840. The van der Waals surface area contributed by atoms with Crippen LogP contribution in [0, 0.1) is 0 Å². The molecule has 256 valence electrons. The largest absolute Gasteiger partial charge is 0.310 e. The van der Waals surface area contributed by atoms with Crippen LogP contribution in [-0.4, -0.2) is 0 Å². The SMILES string of the molecule is CC1(C)c2ccccc2-c2ccc(N(c3ccccc3)c3ccc(C4(c5ccccc5)c5ccccc5-c5c4ccc4c5sc5ccccc54)cc3)cc21. The molecule has 1 aromatic heterocycles. The van der Waals surface area contributed by atoms with E-state index in [0.29, 0.717) is 0 Å². The topological polar surface area (TPSA) is 3.24 Å². The lowest BCUT2D eigenvalue weighted by atomic mass is 9.67. The molecule has 0 N–H and O–H groups in total. The van der Waals surface area contributed by atoms with Gasteiger partial charge in [-0.3, -0.25) is 0 Å². The first kappa shape index (κ1) is 31.3. The van der Waals surface area contributed by atoms with E-state index >= 15 is 0 Å². The summed E-state index contributed by atoms with van der Waals surface area (Å²) >= 11 is 1.92. The molecule has 0 spiro atoms. The molecule has 2 aliphatic rings. The van der Waals surface area contributed by atoms with Crippen LogP contribution in [0.2, 0.25) is 0 Å². The molecule has 0 radical (unpaired) electrons. The molecule has 54 heavy (non-hydrogen) atoms. The summed E-state index contributed by atoms with van der Waals surface area (Å²) in [5, 5.41) is 2.67. The van der Waals surface area contributed by atoms with Crippen molar-refractivity contribution in [3.63, 3.8) is 0 Å². The zero-order valence-electron chi connectivity index (χ0n) is 30.3. The summed E-state index contributed by atoms with van der Waals surface area (Å²) in [6.45, 7) is 4.71. The van der Waals surface area contributed by atoms with Crippen LogP contribution in [-0.2, 0) is 10.8 Å². The number of benzene rings is 8. The predicted octanol–water partition coefficient (Wildman–Crippen LogP) is 14.2. The maximum atomic E-state index is 2.42. The van der Waals surface area contributed by atoms with Crippen molar-refractivity contribution >= 4 is 48.6 Å². The number of hydrogen-bond acceptors (Lipinski definition) is 2. The highest BCUT2D eigenvalue weighted by molar-refractivity contribution is 7.26. The van der Waals surface area contributed by atoms with Crippen molar-refractivity contribution in [3.8, 4) is 22.3 Å². The van der Waals surface area contributed by atoms with Crippen molar-refractivity contribution < 1.29 is 0 Å². The zero-order valence-corrected chi connectivity index (χ0v) is 31.1. The number of hydrogen-bond donors (Lipinski definition) is 0. The van der Waals surface area contributed by atoms with Crippen molar-refractivity contribution in [2.24, 2.45) is 0 Å². The molecule has 11 rings (SSSR count). The fourth-order valence-electron chi connectivity index (χ4n) is 9.73. The Hall–Kier alpha value is -6.22. The monoisotopic (exact) mass is 707 g/mol. The van der Waals surface area contributed by atoms with Crippen LogP contribution < -0.4 is 4.90 Å². The van der Waals surface area contributed by atoms with Gasteiger partial charge in [-0.15, -0.1) is 11.3 Å². The first-order valence-electron chi connectivity index (χ1n) is 18.9. The summed E-state index contributed by atoms with van der Waals surface area (Å²) in [6, 6.07) is 70.0. The zero-order chi connectivity index (χ0) is 36.0. The van der Waals surface area contributed by atoms with Gasteiger partial charge in [0.25, 0.3) is 0 Å². The first-order chi connectivity index (χ1) is 26.5. The molecule has 0 fully saturated rings. The standard InChI is InChI=1S/C52H37NS/c1-51(2)44-22-12-9-19-39(44)40-30-29-38(33-47(40)51)53(36-17-7-4-8-18-36)37-27-25-35(26-28-37)52(34-15-5-3-6-16-34)45-23-13-10-21-43(45)49-46(52)32-31-42-41-20-11-14-24-48(41)54-50(42)49/h3-33H,1-2H3. The Kier molecular flexibility index (Phi) is 6.75. The van der Waals surface area contributed by atoms with Crippen molar-refractivity contribution in [2.75, 3.05) is 4.90 Å². The average molecular weight is 708 g/mol.